The van der Waals surface area contributed by atoms with Crippen LogP contribution < -0.4 is 5.32 Å². The molecule has 2 fully saturated rings. The molecule has 2 aliphatic heterocycles. The largest absolute Gasteiger partial charge is 0.311 e. The first-order valence-electron chi connectivity index (χ1n) is 7.38. The van der Waals surface area contributed by atoms with Gasteiger partial charge < -0.3 is 5.32 Å². The summed E-state index contributed by atoms with van der Waals surface area (Å²) in [6.45, 7) is 0. The fraction of sp³-hybridized carbons (Fsp3) is 0.471. The quantitative estimate of drug-likeness (QED) is 0.878. The van der Waals surface area contributed by atoms with Crippen molar-refractivity contribution in [3.8, 4) is 0 Å². The molecule has 3 aliphatic rings. The molecule has 1 aromatic carbocycles. The molecule has 1 aromatic rings. The number of fused-ring (bicyclic) bond motifs is 3. The third-order valence-electron chi connectivity index (χ3n) is 4.93. The molecule has 1 N–H and O–H groups in total. The molecule has 2 unspecified atom stereocenters. The zero-order chi connectivity index (χ0) is 12.8. The van der Waals surface area contributed by atoms with Crippen molar-refractivity contribution in [3.63, 3.8) is 0 Å². The fourth-order valence-corrected chi connectivity index (χ4v) is 3.97. The summed E-state index contributed by atoms with van der Waals surface area (Å²) in [5, 5.41) is 3.61. The van der Waals surface area contributed by atoms with Crippen LogP contribution in [0.4, 0.5) is 0 Å². The van der Waals surface area contributed by atoms with Crippen molar-refractivity contribution < 1.29 is 4.79 Å². The number of nitrogens with one attached hydrogen (secondary N) is 1. The first kappa shape index (κ1) is 11.4. The van der Waals surface area contributed by atoms with E-state index in [2.05, 4.69) is 29.6 Å². The van der Waals surface area contributed by atoms with Gasteiger partial charge in [-0.25, -0.2) is 0 Å². The number of carbonyl (C=O) groups excluding carboxylic acids is 1. The van der Waals surface area contributed by atoms with E-state index >= 15 is 0 Å². The van der Waals surface area contributed by atoms with Gasteiger partial charge in [-0.2, -0.15) is 0 Å². The van der Waals surface area contributed by atoms with Crippen LogP contribution in [0.5, 0.6) is 0 Å². The molecule has 2 heteroatoms. The molecule has 0 spiro atoms. The number of Topliss-reactive ketones (excluding diaryl/α,β-unsaturated/α-hetero) is 1. The summed E-state index contributed by atoms with van der Waals surface area (Å²) in [5.41, 5.74) is 3.58. The normalized spacial score (nSPS) is 32.0. The molecule has 0 aromatic heterocycles. The number of hydrogen-bond acceptors (Lipinski definition) is 2. The summed E-state index contributed by atoms with van der Waals surface area (Å²) < 4.78 is 0. The van der Waals surface area contributed by atoms with E-state index < -0.39 is 0 Å². The maximum atomic E-state index is 12.7. The SMILES string of the molecule is O=C(C1=Cc2ccccc2C1)C1CC2CCC(C1)N2. The van der Waals surface area contributed by atoms with Crippen LogP contribution in [0.25, 0.3) is 6.08 Å². The number of benzene rings is 1. The van der Waals surface area contributed by atoms with Gasteiger partial charge in [-0.05, 0) is 42.9 Å². The Morgan fingerprint density at radius 3 is 2.58 bits per heavy atom. The maximum absolute atomic E-state index is 12.7. The molecule has 1 aliphatic carbocycles. The van der Waals surface area contributed by atoms with Crippen LogP contribution in [-0.2, 0) is 11.2 Å². The van der Waals surface area contributed by atoms with E-state index in [9.17, 15) is 4.79 Å². The Balaban J connectivity index is 1.53. The predicted molar refractivity (Wildman–Crippen MR) is 75.8 cm³/mol. The van der Waals surface area contributed by atoms with Crippen molar-refractivity contribution in [2.24, 2.45) is 5.92 Å². The van der Waals surface area contributed by atoms with Gasteiger partial charge in [-0.3, -0.25) is 4.79 Å². The van der Waals surface area contributed by atoms with Crippen molar-refractivity contribution in [2.45, 2.75) is 44.2 Å². The maximum Gasteiger partial charge on any atom is 0.162 e. The van der Waals surface area contributed by atoms with Gasteiger partial charge in [0, 0.05) is 30.0 Å². The van der Waals surface area contributed by atoms with Crippen molar-refractivity contribution in [1.29, 1.82) is 0 Å². The van der Waals surface area contributed by atoms with Gasteiger partial charge in [-0.1, -0.05) is 24.3 Å². The topological polar surface area (TPSA) is 29.1 Å². The molecule has 2 nitrogen and oxygen atoms in total. The second-order valence-electron chi connectivity index (χ2n) is 6.22. The van der Waals surface area contributed by atoms with Gasteiger partial charge in [-0.15, -0.1) is 0 Å². The van der Waals surface area contributed by atoms with E-state index in [1.807, 2.05) is 6.07 Å². The van der Waals surface area contributed by atoms with Gasteiger partial charge in [0.05, 0.1) is 0 Å². The molecular formula is C17H19NO. The number of piperidine rings is 1. The van der Waals surface area contributed by atoms with E-state index in [4.69, 9.17) is 0 Å². The summed E-state index contributed by atoms with van der Waals surface area (Å²) in [6.07, 6.45) is 7.56. The van der Waals surface area contributed by atoms with Crippen LogP contribution in [0.1, 0.15) is 36.8 Å². The molecule has 0 saturated carbocycles. The summed E-state index contributed by atoms with van der Waals surface area (Å²) >= 11 is 0. The molecule has 2 heterocycles. The van der Waals surface area contributed by atoms with Crippen molar-refractivity contribution in [2.75, 3.05) is 0 Å². The summed E-state index contributed by atoms with van der Waals surface area (Å²) in [6, 6.07) is 9.55. The highest BCUT2D eigenvalue weighted by atomic mass is 16.1. The van der Waals surface area contributed by atoms with Gasteiger partial charge in [0.2, 0.25) is 0 Å². The monoisotopic (exact) mass is 253 g/mol. The van der Waals surface area contributed by atoms with Crippen molar-refractivity contribution in [3.05, 3.63) is 41.0 Å². The second kappa shape index (κ2) is 4.31. The third-order valence-corrected chi connectivity index (χ3v) is 4.93. The van der Waals surface area contributed by atoms with E-state index in [-0.39, 0.29) is 5.92 Å². The zero-order valence-electron chi connectivity index (χ0n) is 11.1. The molecule has 2 bridgehead atoms. The molecular weight excluding hydrogens is 234 g/mol. The summed E-state index contributed by atoms with van der Waals surface area (Å²) in [7, 11) is 0. The summed E-state index contributed by atoms with van der Waals surface area (Å²) in [4.78, 5) is 12.7. The number of hydrogen-bond donors (Lipinski definition) is 1. The Bertz CT molecular complexity index is 548. The molecule has 0 amide bonds. The average molecular weight is 253 g/mol. The lowest BCUT2D eigenvalue weighted by molar-refractivity contribution is -0.120. The van der Waals surface area contributed by atoms with Crippen LogP contribution in [0, 0.1) is 5.92 Å². The lowest BCUT2D eigenvalue weighted by Crippen LogP contribution is -2.40. The van der Waals surface area contributed by atoms with Gasteiger partial charge >= 0.3 is 0 Å². The Morgan fingerprint density at radius 2 is 1.84 bits per heavy atom. The Labute approximate surface area is 113 Å². The zero-order valence-corrected chi connectivity index (χ0v) is 11.1. The van der Waals surface area contributed by atoms with E-state index in [0.29, 0.717) is 17.9 Å². The lowest BCUT2D eigenvalue weighted by Gasteiger charge is -2.28. The van der Waals surface area contributed by atoms with Crippen LogP contribution >= 0.6 is 0 Å². The van der Waals surface area contributed by atoms with Crippen molar-refractivity contribution in [1.82, 2.24) is 5.32 Å². The Morgan fingerprint density at radius 1 is 1.11 bits per heavy atom. The highest BCUT2D eigenvalue weighted by Crippen LogP contribution is 2.35. The summed E-state index contributed by atoms with van der Waals surface area (Å²) in [5.74, 6) is 0.675. The average Bonchev–Trinajstić information content (AvgIpc) is 3.01. The first-order chi connectivity index (χ1) is 9.29. The number of rotatable bonds is 2. The minimum absolute atomic E-state index is 0.263. The van der Waals surface area contributed by atoms with E-state index in [1.165, 1.54) is 24.0 Å². The Hall–Kier alpha value is -1.41. The lowest BCUT2D eigenvalue weighted by atomic mass is 9.85. The molecule has 4 rings (SSSR count). The van der Waals surface area contributed by atoms with Crippen LogP contribution in [-0.4, -0.2) is 17.9 Å². The standard InChI is InChI=1S/C17H19NO/c19-17(14-9-15-5-6-16(10-14)18-15)13-7-11-3-1-2-4-12(11)8-13/h1-4,7,14-16,18H,5-6,8-10H2. The molecule has 0 radical (unpaired) electrons. The number of allylic oxidation sites excluding steroid dienone is 1. The smallest absolute Gasteiger partial charge is 0.162 e. The second-order valence-corrected chi connectivity index (χ2v) is 6.22. The molecule has 98 valence electrons. The minimum atomic E-state index is 0.263. The van der Waals surface area contributed by atoms with Crippen LogP contribution in [0.15, 0.2) is 29.8 Å². The van der Waals surface area contributed by atoms with Crippen LogP contribution in [0.2, 0.25) is 0 Å². The number of ketones is 1. The van der Waals surface area contributed by atoms with Gasteiger partial charge in [0.1, 0.15) is 0 Å². The number of carbonyl (C=O) groups is 1. The minimum Gasteiger partial charge on any atom is -0.311 e. The van der Waals surface area contributed by atoms with E-state index in [1.54, 1.807) is 0 Å². The molecule has 2 saturated heterocycles. The highest BCUT2D eigenvalue weighted by Gasteiger charge is 2.37. The highest BCUT2D eigenvalue weighted by molar-refractivity contribution is 6.03. The fourth-order valence-electron chi connectivity index (χ4n) is 3.97. The van der Waals surface area contributed by atoms with Crippen molar-refractivity contribution >= 4 is 11.9 Å². The van der Waals surface area contributed by atoms with Crippen LogP contribution in [0.3, 0.4) is 0 Å². The Kier molecular flexibility index (Phi) is 2.59. The molecule has 2 atom stereocenters. The predicted octanol–water partition coefficient (Wildman–Crippen LogP) is 2.73. The van der Waals surface area contributed by atoms with Gasteiger partial charge in [0.25, 0.3) is 0 Å². The van der Waals surface area contributed by atoms with E-state index in [0.717, 1.165) is 24.8 Å². The first-order valence-corrected chi connectivity index (χ1v) is 7.38. The third kappa shape index (κ3) is 1.95. The molecule has 19 heavy (non-hydrogen) atoms. The van der Waals surface area contributed by atoms with Gasteiger partial charge in [0.15, 0.2) is 5.78 Å².